The number of methoxy groups -OCH3 is 1. The molecule has 0 aromatic heterocycles. The largest absolute Gasteiger partial charge is 0.497 e. The Bertz CT molecular complexity index is 782. The summed E-state index contributed by atoms with van der Waals surface area (Å²) < 4.78 is 10.3. The topological polar surface area (TPSA) is 88.7 Å². The van der Waals surface area contributed by atoms with Crippen LogP contribution in [-0.2, 0) is 4.79 Å². The molecule has 2 amide bonds. The van der Waals surface area contributed by atoms with Gasteiger partial charge in [0.1, 0.15) is 11.5 Å². The molecule has 0 saturated carbocycles. The molecule has 136 valence electrons. The maximum Gasteiger partial charge on any atom is 0.269 e. The number of hydrogen-bond acceptors (Lipinski definition) is 5. The molecule has 2 aromatic rings. The maximum atomic E-state index is 12.0. The summed E-state index contributed by atoms with van der Waals surface area (Å²) in [5.74, 6) is 0.243. The van der Waals surface area contributed by atoms with Crippen molar-refractivity contribution in [3.05, 3.63) is 59.1 Å². The Labute approximate surface area is 160 Å². The lowest BCUT2D eigenvalue weighted by molar-refractivity contribution is -0.121. The lowest BCUT2D eigenvalue weighted by Gasteiger charge is -2.11. The third-order valence-electron chi connectivity index (χ3n) is 3.08. The summed E-state index contributed by atoms with van der Waals surface area (Å²) in [6.07, 6.45) is 0. The van der Waals surface area contributed by atoms with Gasteiger partial charge in [0.2, 0.25) is 0 Å². The summed E-state index contributed by atoms with van der Waals surface area (Å²) in [6, 6.07) is 13.1. The van der Waals surface area contributed by atoms with Crippen molar-refractivity contribution in [2.24, 2.45) is 0 Å². The van der Waals surface area contributed by atoms with Crippen LogP contribution in [0, 0.1) is 0 Å². The van der Waals surface area contributed by atoms with Gasteiger partial charge in [-0.2, -0.15) is 0 Å². The first-order valence-electron chi connectivity index (χ1n) is 7.40. The molecule has 0 saturated heterocycles. The van der Waals surface area contributed by atoms with Gasteiger partial charge in [-0.15, -0.1) is 0 Å². The quantitative estimate of drug-likeness (QED) is 0.532. The van der Waals surface area contributed by atoms with E-state index in [1.807, 2.05) is 0 Å². The van der Waals surface area contributed by atoms with E-state index in [0.29, 0.717) is 22.1 Å². The van der Waals surface area contributed by atoms with E-state index in [2.05, 4.69) is 16.2 Å². The fourth-order valence-corrected chi connectivity index (χ4v) is 2.09. The molecule has 2 rings (SSSR count). The highest BCUT2D eigenvalue weighted by Crippen LogP contribution is 2.15. The third kappa shape index (κ3) is 6.23. The second-order valence-corrected chi connectivity index (χ2v) is 5.77. The van der Waals surface area contributed by atoms with Crippen molar-refractivity contribution in [2.75, 3.05) is 13.7 Å². The fourth-order valence-electron chi connectivity index (χ4n) is 1.80. The first kappa shape index (κ1) is 19.5. The molecule has 26 heavy (non-hydrogen) atoms. The summed E-state index contributed by atoms with van der Waals surface area (Å²) in [7, 11) is 1.54. The van der Waals surface area contributed by atoms with Crippen molar-refractivity contribution in [3.8, 4) is 11.5 Å². The Morgan fingerprint density at radius 1 is 1.00 bits per heavy atom. The zero-order valence-corrected chi connectivity index (χ0v) is 15.3. The van der Waals surface area contributed by atoms with Crippen LogP contribution in [0.15, 0.2) is 48.5 Å². The SMILES string of the molecule is COc1ccc(C(=O)NNC(=S)NC(=O)COc2ccc(Cl)cc2)cc1. The second-order valence-electron chi connectivity index (χ2n) is 4.93. The number of hydrazine groups is 1. The highest BCUT2D eigenvalue weighted by Gasteiger charge is 2.08. The molecule has 0 heterocycles. The van der Waals surface area contributed by atoms with E-state index >= 15 is 0 Å². The Morgan fingerprint density at radius 3 is 2.23 bits per heavy atom. The third-order valence-corrected chi connectivity index (χ3v) is 3.53. The van der Waals surface area contributed by atoms with Crippen molar-refractivity contribution < 1.29 is 19.1 Å². The summed E-state index contributed by atoms with van der Waals surface area (Å²) in [5, 5.41) is 2.89. The number of benzene rings is 2. The van der Waals surface area contributed by atoms with Crippen molar-refractivity contribution in [3.63, 3.8) is 0 Å². The number of carbonyl (C=O) groups is 2. The van der Waals surface area contributed by atoms with Crippen LogP contribution in [0.3, 0.4) is 0 Å². The molecular formula is C17H16ClN3O4S. The monoisotopic (exact) mass is 393 g/mol. The maximum absolute atomic E-state index is 12.0. The number of halogens is 1. The molecule has 3 N–H and O–H groups in total. The van der Waals surface area contributed by atoms with Crippen LogP contribution in [0.1, 0.15) is 10.4 Å². The van der Waals surface area contributed by atoms with Gasteiger partial charge in [0.15, 0.2) is 11.7 Å². The lowest BCUT2D eigenvalue weighted by atomic mass is 10.2. The number of hydrogen-bond donors (Lipinski definition) is 3. The van der Waals surface area contributed by atoms with E-state index < -0.39 is 11.8 Å². The van der Waals surface area contributed by atoms with Crippen molar-refractivity contribution in [2.45, 2.75) is 0 Å². The highest BCUT2D eigenvalue weighted by atomic mass is 35.5. The molecule has 0 aliphatic carbocycles. The van der Waals surface area contributed by atoms with Gasteiger partial charge >= 0.3 is 0 Å². The number of thiocarbonyl (C=S) groups is 1. The van der Waals surface area contributed by atoms with Gasteiger partial charge in [-0.1, -0.05) is 11.6 Å². The molecule has 0 bridgehead atoms. The van der Waals surface area contributed by atoms with E-state index in [9.17, 15) is 9.59 Å². The number of amides is 2. The average molecular weight is 394 g/mol. The Balaban J connectivity index is 1.72. The second kappa shape index (κ2) is 9.59. The Kier molecular flexibility index (Phi) is 7.19. The molecule has 2 aromatic carbocycles. The zero-order valence-electron chi connectivity index (χ0n) is 13.7. The molecule has 0 aliphatic heterocycles. The van der Waals surface area contributed by atoms with E-state index in [0.717, 1.165) is 0 Å². The van der Waals surface area contributed by atoms with Gasteiger partial charge in [0.25, 0.3) is 11.8 Å². The molecule has 0 radical (unpaired) electrons. The summed E-state index contributed by atoms with van der Waals surface area (Å²) in [5.41, 5.74) is 5.22. The standard InChI is InChI=1S/C17H16ClN3O4S/c1-24-13-6-2-11(3-7-13)16(23)20-21-17(26)19-15(22)10-25-14-8-4-12(18)5-9-14/h2-9H,10H2,1H3,(H,20,23)(H2,19,21,22,26). The van der Waals surface area contributed by atoms with Crippen LogP contribution in [0.2, 0.25) is 5.02 Å². The molecular weight excluding hydrogens is 378 g/mol. The highest BCUT2D eigenvalue weighted by molar-refractivity contribution is 7.80. The lowest BCUT2D eigenvalue weighted by Crippen LogP contribution is -2.49. The normalized spacial score (nSPS) is 9.77. The molecule has 0 atom stereocenters. The minimum Gasteiger partial charge on any atom is -0.497 e. The van der Waals surface area contributed by atoms with Crippen LogP contribution in [0.5, 0.6) is 11.5 Å². The molecule has 0 unspecified atom stereocenters. The van der Waals surface area contributed by atoms with Crippen LogP contribution < -0.4 is 25.6 Å². The zero-order chi connectivity index (χ0) is 18.9. The molecule has 7 nitrogen and oxygen atoms in total. The smallest absolute Gasteiger partial charge is 0.269 e. The van der Waals surface area contributed by atoms with Gasteiger partial charge in [-0.05, 0) is 60.7 Å². The minimum atomic E-state index is -0.476. The van der Waals surface area contributed by atoms with Crippen LogP contribution in [0.25, 0.3) is 0 Å². The Morgan fingerprint density at radius 2 is 1.62 bits per heavy atom. The summed E-state index contributed by atoms with van der Waals surface area (Å²) in [6.45, 7) is -0.240. The van der Waals surface area contributed by atoms with E-state index in [-0.39, 0.29) is 11.7 Å². The predicted octanol–water partition coefficient (Wildman–Crippen LogP) is 2.06. The van der Waals surface area contributed by atoms with Gasteiger partial charge in [-0.25, -0.2) is 0 Å². The first-order valence-corrected chi connectivity index (χ1v) is 8.19. The molecule has 0 aliphatic rings. The minimum absolute atomic E-state index is 0.0587. The number of nitrogens with one attached hydrogen (secondary N) is 3. The van der Waals surface area contributed by atoms with Crippen LogP contribution in [0.4, 0.5) is 0 Å². The summed E-state index contributed by atoms with van der Waals surface area (Å²) in [4.78, 5) is 23.7. The van der Waals surface area contributed by atoms with Crippen LogP contribution >= 0.6 is 23.8 Å². The van der Waals surface area contributed by atoms with Crippen molar-refractivity contribution >= 4 is 40.7 Å². The van der Waals surface area contributed by atoms with Crippen LogP contribution in [-0.4, -0.2) is 30.6 Å². The van der Waals surface area contributed by atoms with E-state index in [4.69, 9.17) is 33.3 Å². The first-order chi connectivity index (χ1) is 12.5. The fraction of sp³-hybridized carbons (Fsp3) is 0.118. The van der Waals surface area contributed by atoms with Gasteiger partial charge in [0.05, 0.1) is 7.11 Å². The van der Waals surface area contributed by atoms with Gasteiger partial charge in [-0.3, -0.25) is 25.8 Å². The van der Waals surface area contributed by atoms with Gasteiger partial charge < -0.3 is 9.47 Å². The molecule has 9 heteroatoms. The molecule has 0 spiro atoms. The van der Waals surface area contributed by atoms with E-state index in [1.165, 1.54) is 7.11 Å². The van der Waals surface area contributed by atoms with Gasteiger partial charge in [0, 0.05) is 10.6 Å². The summed E-state index contributed by atoms with van der Waals surface area (Å²) >= 11 is 10.7. The van der Waals surface area contributed by atoms with Crippen molar-refractivity contribution in [1.29, 1.82) is 0 Å². The Hall–Kier alpha value is -2.84. The number of rotatable bonds is 5. The van der Waals surface area contributed by atoms with Crippen molar-refractivity contribution in [1.82, 2.24) is 16.2 Å². The number of ether oxygens (including phenoxy) is 2. The predicted molar refractivity (Wildman–Crippen MR) is 101 cm³/mol. The molecule has 0 fully saturated rings. The van der Waals surface area contributed by atoms with E-state index in [1.54, 1.807) is 48.5 Å². The average Bonchev–Trinajstić information content (AvgIpc) is 2.65. The number of carbonyl (C=O) groups excluding carboxylic acids is 2.